The molecule has 0 aliphatic carbocycles. The fourth-order valence-electron chi connectivity index (χ4n) is 2.47. The van der Waals surface area contributed by atoms with E-state index in [1.54, 1.807) is 18.2 Å². The summed E-state index contributed by atoms with van der Waals surface area (Å²) in [6.07, 6.45) is -1.05. The molecular weight excluding hydrogens is 377 g/mol. The Morgan fingerprint density at radius 3 is 2.67 bits per heavy atom. The van der Waals surface area contributed by atoms with Gasteiger partial charge in [0.25, 0.3) is 5.91 Å². The van der Waals surface area contributed by atoms with Gasteiger partial charge in [0.05, 0.1) is 11.4 Å². The van der Waals surface area contributed by atoms with Crippen molar-refractivity contribution in [2.45, 2.75) is 19.4 Å². The molecule has 2 aromatic carbocycles. The van der Waals surface area contributed by atoms with Gasteiger partial charge in [-0.1, -0.05) is 17.7 Å². The van der Waals surface area contributed by atoms with Gasteiger partial charge in [0.2, 0.25) is 0 Å². The highest BCUT2D eigenvalue weighted by Crippen LogP contribution is 2.31. The first-order chi connectivity index (χ1) is 12.9. The zero-order chi connectivity index (χ0) is 19.4. The maximum Gasteiger partial charge on any atom is 0.311 e. The summed E-state index contributed by atoms with van der Waals surface area (Å²) in [6.45, 7) is 2.38. The van der Waals surface area contributed by atoms with E-state index in [4.69, 9.17) is 25.8 Å². The van der Waals surface area contributed by atoms with E-state index in [9.17, 15) is 14.0 Å². The predicted molar refractivity (Wildman–Crippen MR) is 96.7 cm³/mol. The van der Waals surface area contributed by atoms with E-state index in [0.29, 0.717) is 36.0 Å². The van der Waals surface area contributed by atoms with Gasteiger partial charge in [-0.2, -0.15) is 0 Å². The molecule has 1 amide bonds. The van der Waals surface area contributed by atoms with E-state index in [0.717, 1.165) is 6.07 Å². The average molecular weight is 394 g/mol. The van der Waals surface area contributed by atoms with Crippen molar-refractivity contribution in [3.63, 3.8) is 0 Å². The SMILES string of the molecule is C[C@@H](OC(=O)Cc1ccc2c(c1)OCCO2)C(=O)Nc1ccc(F)c(Cl)c1. The second-order valence-corrected chi connectivity index (χ2v) is 6.31. The Hall–Kier alpha value is -2.80. The number of carbonyl (C=O) groups excluding carboxylic acids is 2. The summed E-state index contributed by atoms with van der Waals surface area (Å²) in [6, 6.07) is 8.95. The average Bonchev–Trinajstić information content (AvgIpc) is 2.64. The molecule has 1 aliphatic heterocycles. The van der Waals surface area contributed by atoms with Crippen molar-refractivity contribution in [3.05, 3.63) is 52.8 Å². The lowest BCUT2D eigenvalue weighted by Crippen LogP contribution is -2.30. The van der Waals surface area contributed by atoms with Crippen LogP contribution in [0.1, 0.15) is 12.5 Å². The molecule has 1 aliphatic rings. The highest BCUT2D eigenvalue weighted by Gasteiger charge is 2.19. The van der Waals surface area contributed by atoms with Crippen LogP contribution in [0.25, 0.3) is 0 Å². The van der Waals surface area contributed by atoms with E-state index in [-0.39, 0.29) is 11.4 Å². The topological polar surface area (TPSA) is 73.9 Å². The highest BCUT2D eigenvalue weighted by molar-refractivity contribution is 6.31. The fraction of sp³-hybridized carbons (Fsp3) is 0.263. The van der Waals surface area contributed by atoms with Gasteiger partial charge in [-0.3, -0.25) is 9.59 Å². The third-order valence-electron chi connectivity index (χ3n) is 3.82. The molecule has 3 rings (SSSR count). The number of carbonyl (C=O) groups is 2. The lowest BCUT2D eigenvalue weighted by Gasteiger charge is -2.19. The van der Waals surface area contributed by atoms with Crippen LogP contribution < -0.4 is 14.8 Å². The van der Waals surface area contributed by atoms with Crippen molar-refractivity contribution < 1.29 is 28.2 Å². The van der Waals surface area contributed by atoms with E-state index < -0.39 is 23.8 Å². The number of amides is 1. The number of rotatable bonds is 5. The fourth-order valence-corrected chi connectivity index (χ4v) is 2.66. The van der Waals surface area contributed by atoms with Crippen molar-refractivity contribution in [2.24, 2.45) is 0 Å². The number of nitrogens with one attached hydrogen (secondary N) is 1. The van der Waals surface area contributed by atoms with Gasteiger partial charge < -0.3 is 19.5 Å². The van der Waals surface area contributed by atoms with Crippen LogP contribution in [0.2, 0.25) is 5.02 Å². The maximum atomic E-state index is 13.1. The molecule has 0 bridgehead atoms. The molecule has 8 heteroatoms. The Morgan fingerprint density at radius 1 is 1.19 bits per heavy atom. The molecule has 1 heterocycles. The van der Waals surface area contributed by atoms with Crippen LogP contribution in [0.4, 0.5) is 10.1 Å². The molecule has 0 radical (unpaired) electrons. The Labute approximate surface area is 160 Å². The number of esters is 1. The molecule has 27 heavy (non-hydrogen) atoms. The Balaban J connectivity index is 1.55. The quantitative estimate of drug-likeness (QED) is 0.788. The molecule has 2 aromatic rings. The molecule has 0 aromatic heterocycles. The Morgan fingerprint density at radius 2 is 1.93 bits per heavy atom. The van der Waals surface area contributed by atoms with Crippen molar-refractivity contribution in [1.29, 1.82) is 0 Å². The van der Waals surface area contributed by atoms with Gasteiger partial charge in [-0.05, 0) is 42.8 Å². The van der Waals surface area contributed by atoms with Crippen LogP contribution in [0.15, 0.2) is 36.4 Å². The second kappa shape index (κ2) is 8.26. The molecule has 0 saturated carbocycles. The van der Waals surface area contributed by atoms with Crippen molar-refractivity contribution in [1.82, 2.24) is 0 Å². The standard InChI is InChI=1S/C19H17ClFNO5/c1-11(19(24)22-13-3-4-15(21)14(20)10-13)27-18(23)9-12-2-5-16-17(8-12)26-7-6-25-16/h2-5,8,10-11H,6-7,9H2,1H3,(H,22,24)/t11-/m1/s1. The summed E-state index contributed by atoms with van der Waals surface area (Å²) >= 11 is 5.67. The Bertz CT molecular complexity index is 873. The summed E-state index contributed by atoms with van der Waals surface area (Å²) < 4.78 is 29.2. The van der Waals surface area contributed by atoms with Crippen LogP contribution in [-0.2, 0) is 20.7 Å². The largest absolute Gasteiger partial charge is 0.486 e. The summed E-state index contributed by atoms with van der Waals surface area (Å²) in [5.41, 5.74) is 0.989. The summed E-state index contributed by atoms with van der Waals surface area (Å²) in [7, 11) is 0. The number of fused-ring (bicyclic) bond motifs is 1. The first-order valence-corrected chi connectivity index (χ1v) is 8.64. The van der Waals surface area contributed by atoms with E-state index >= 15 is 0 Å². The van der Waals surface area contributed by atoms with E-state index in [1.807, 2.05) is 0 Å². The highest BCUT2D eigenvalue weighted by atomic mass is 35.5. The van der Waals surface area contributed by atoms with Gasteiger partial charge in [0.1, 0.15) is 19.0 Å². The number of benzene rings is 2. The molecule has 1 atom stereocenters. The third-order valence-corrected chi connectivity index (χ3v) is 4.11. The smallest absolute Gasteiger partial charge is 0.311 e. The molecule has 142 valence electrons. The lowest BCUT2D eigenvalue weighted by atomic mass is 10.1. The number of halogens is 2. The normalized spacial score (nSPS) is 13.6. The van der Waals surface area contributed by atoms with E-state index in [1.165, 1.54) is 19.1 Å². The first-order valence-electron chi connectivity index (χ1n) is 8.26. The number of hydrogen-bond donors (Lipinski definition) is 1. The number of ether oxygens (including phenoxy) is 3. The van der Waals surface area contributed by atoms with Gasteiger partial charge in [0, 0.05) is 5.69 Å². The second-order valence-electron chi connectivity index (χ2n) is 5.91. The summed E-state index contributed by atoms with van der Waals surface area (Å²) in [5, 5.41) is 2.40. The number of hydrogen-bond acceptors (Lipinski definition) is 5. The van der Waals surface area contributed by atoms with Gasteiger partial charge >= 0.3 is 5.97 Å². The third kappa shape index (κ3) is 4.89. The van der Waals surface area contributed by atoms with Crippen LogP contribution in [0, 0.1) is 5.82 Å². The van der Waals surface area contributed by atoms with Gasteiger partial charge in [-0.15, -0.1) is 0 Å². The molecule has 0 unspecified atom stereocenters. The molecule has 1 N–H and O–H groups in total. The van der Waals surface area contributed by atoms with Crippen LogP contribution in [0.5, 0.6) is 11.5 Å². The first kappa shape index (κ1) is 19.0. The maximum absolute atomic E-state index is 13.1. The summed E-state index contributed by atoms with van der Waals surface area (Å²) in [4.78, 5) is 24.2. The molecular formula is C19H17ClFNO5. The molecule has 0 spiro atoms. The zero-order valence-corrected chi connectivity index (χ0v) is 15.2. The molecule has 0 saturated heterocycles. The molecule has 6 nitrogen and oxygen atoms in total. The zero-order valence-electron chi connectivity index (χ0n) is 14.5. The molecule has 0 fully saturated rings. The van der Waals surface area contributed by atoms with Crippen LogP contribution >= 0.6 is 11.6 Å². The summed E-state index contributed by atoms with van der Waals surface area (Å²) in [5.74, 6) is -0.497. The van der Waals surface area contributed by atoms with Crippen LogP contribution in [0.3, 0.4) is 0 Å². The lowest BCUT2D eigenvalue weighted by molar-refractivity contribution is -0.152. The van der Waals surface area contributed by atoms with Crippen LogP contribution in [-0.4, -0.2) is 31.2 Å². The van der Waals surface area contributed by atoms with Crippen molar-refractivity contribution in [3.8, 4) is 11.5 Å². The van der Waals surface area contributed by atoms with Gasteiger partial charge in [0.15, 0.2) is 17.6 Å². The number of anilines is 1. The van der Waals surface area contributed by atoms with Crippen molar-refractivity contribution >= 4 is 29.2 Å². The minimum atomic E-state index is -1.03. The predicted octanol–water partition coefficient (Wildman–Crippen LogP) is 3.36. The Kier molecular flexibility index (Phi) is 5.81. The minimum Gasteiger partial charge on any atom is -0.486 e. The van der Waals surface area contributed by atoms with E-state index in [2.05, 4.69) is 5.32 Å². The minimum absolute atomic E-state index is 0.0172. The van der Waals surface area contributed by atoms with Crippen molar-refractivity contribution in [2.75, 3.05) is 18.5 Å². The monoisotopic (exact) mass is 393 g/mol. The van der Waals surface area contributed by atoms with Gasteiger partial charge in [-0.25, -0.2) is 4.39 Å².